The van der Waals surface area contributed by atoms with Crippen molar-refractivity contribution in [3.8, 4) is 0 Å². The Morgan fingerprint density at radius 1 is 1.20 bits per heavy atom. The van der Waals surface area contributed by atoms with E-state index in [0.29, 0.717) is 5.92 Å². The van der Waals surface area contributed by atoms with Crippen molar-refractivity contribution in [3.05, 3.63) is 0 Å². The molecule has 0 spiro atoms. The molecule has 0 aromatic heterocycles. The van der Waals surface area contributed by atoms with Crippen LogP contribution in [0.15, 0.2) is 0 Å². The number of carbonyl (C=O) groups is 1. The lowest BCUT2D eigenvalue weighted by Gasteiger charge is -2.24. The van der Waals surface area contributed by atoms with E-state index in [1.807, 2.05) is 6.92 Å². The second kappa shape index (κ2) is 6.83. The maximum absolute atomic E-state index is 11.8. The minimum absolute atomic E-state index is 0.00935. The van der Waals surface area contributed by atoms with Crippen molar-refractivity contribution in [1.29, 1.82) is 0 Å². The lowest BCUT2D eigenvalue weighted by Crippen LogP contribution is -2.49. The quantitative estimate of drug-likeness (QED) is 0.709. The predicted octanol–water partition coefficient (Wildman–Crippen LogP) is 1.91. The monoisotopic (exact) mass is 214 g/mol. The van der Waals surface area contributed by atoms with Gasteiger partial charge in [0.1, 0.15) is 0 Å². The zero-order valence-electron chi connectivity index (χ0n) is 10.7. The molecule has 0 fully saturated rings. The first-order chi connectivity index (χ1) is 6.93. The molecule has 0 radical (unpaired) electrons. The van der Waals surface area contributed by atoms with Gasteiger partial charge in [-0.1, -0.05) is 41.0 Å². The summed E-state index contributed by atoms with van der Waals surface area (Å²) in [6.45, 7) is 10.4. The van der Waals surface area contributed by atoms with Crippen LogP contribution in [0, 0.1) is 11.8 Å². The minimum Gasteiger partial charge on any atom is -0.352 e. The fourth-order valence-corrected chi connectivity index (χ4v) is 1.53. The van der Waals surface area contributed by atoms with Crippen LogP contribution < -0.4 is 11.1 Å². The molecule has 0 heterocycles. The van der Waals surface area contributed by atoms with E-state index in [9.17, 15) is 4.79 Å². The number of amides is 1. The van der Waals surface area contributed by atoms with E-state index in [1.165, 1.54) is 0 Å². The molecular formula is C12H26N2O. The highest BCUT2D eigenvalue weighted by Gasteiger charge is 2.22. The molecule has 3 nitrogen and oxygen atoms in total. The molecule has 3 heteroatoms. The van der Waals surface area contributed by atoms with Gasteiger partial charge in [0, 0.05) is 6.04 Å². The summed E-state index contributed by atoms with van der Waals surface area (Å²) in [6, 6.07) is -0.129. The van der Waals surface area contributed by atoms with Crippen molar-refractivity contribution < 1.29 is 4.79 Å². The summed E-state index contributed by atoms with van der Waals surface area (Å²) in [4.78, 5) is 11.8. The van der Waals surface area contributed by atoms with Crippen LogP contribution >= 0.6 is 0 Å². The van der Waals surface area contributed by atoms with Crippen LogP contribution in [0.1, 0.15) is 47.5 Å². The molecule has 0 aliphatic heterocycles. The fraction of sp³-hybridized carbons (Fsp3) is 0.917. The third kappa shape index (κ3) is 4.65. The van der Waals surface area contributed by atoms with Gasteiger partial charge in [0.2, 0.25) is 5.91 Å². The molecule has 1 amide bonds. The molecule has 0 rings (SSSR count). The lowest BCUT2D eigenvalue weighted by molar-refractivity contribution is -0.124. The SMILES string of the molecule is CCC(NC(=O)[C@@H](N)[C@@H](C)CC)C(C)C. The van der Waals surface area contributed by atoms with E-state index in [1.54, 1.807) is 0 Å². The fourth-order valence-electron chi connectivity index (χ4n) is 1.53. The summed E-state index contributed by atoms with van der Waals surface area (Å²) < 4.78 is 0. The van der Waals surface area contributed by atoms with Gasteiger partial charge in [0.25, 0.3) is 0 Å². The van der Waals surface area contributed by atoms with Crippen LogP contribution in [0.2, 0.25) is 0 Å². The van der Waals surface area contributed by atoms with Crippen molar-refractivity contribution in [2.45, 2.75) is 59.5 Å². The standard InChI is InChI=1S/C12H26N2O/c1-6-9(5)11(13)12(15)14-10(7-2)8(3)4/h8-11H,6-7,13H2,1-5H3,(H,14,15)/t9-,10?,11-/m0/s1. The van der Waals surface area contributed by atoms with Crippen molar-refractivity contribution in [3.63, 3.8) is 0 Å². The first-order valence-electron chi connectivity index (χ1n) is 5.99. The van der Waals surface area contributed by atoms with Gasteiger partial charge in [-0.05, 0) is 18.3 Å². The molecule has 0 aliphatic carbocycles. The zero-order chi connectivity index (χ0) is 12.0. The highest BCUT2D eigenvalue weighted by molar-refractivity contribution is 5.82. The van der Waals surface area contributed by atoms with Gasteiger partial charge in [-0.15, -0.1) is 0 Å². The molecule has 0 bridgehead atoms. The summed E-state index contributed by atoms with van der Waals surface area (Å²) in [5, 5.41) is 3.02. The Balaban J connectivity index is 4.22. The maximum atomic E-state index is 11.8. The Morgan fingerprint density at radius 2 is 1.73 bits per heavy atom. The highest BCUT2D eigenvalue weighted by Crippen LogP contribution is 2.09. The van der Waals surface area contributed by atoms with E-state index in [0.717, 1.165) is 12.8 Å². The van der Waals surface area contributed by atoms with Gasteiger partial charge in [0.05, 0.1) is 6.04 Å². The first kappa shape index (κ1) is 14.4. The Hall–Kier alpha value is -0.570. The van der Waals surface area contributed by atoms with Crippen molar-refractivity contribution in [1.82, 2.24) is 5.32 Å². The Morgan fingerprint density at radius 3 is 2.07 bits per heavy atom. The van der Waals surface area contributed by atoms with Crippen LogP contribution in [-0.2, 0) is 4.79 Å². The van der Waals surface area contributed by atoms with Crippen LogP contribution in [0.3, 0.4) is 0 Å². The van der Waals surface area contributed by atoms with Gasteiger partial charge < -0.3 is 11.1 Å². The van der Waals surface area contributed by atoms with E-state index in [4.69, 9.17) is 5.73 Å². The zero-order valence-corrected chi connectivity index (χ0v) is 10.7. The molecular weight excluding hydrogens is 188 g/mol. The van der Waals surface area contributed by atoms with E-state index >= 15 is 0 Å². The normalized spacial score (nSPS) is 17.3. The highest BCUT2D eigenvalue weighted by atomic mass is 16.2. The molecule has 0 saturated heterocycles. The summed E-state index contributed by atoms with van der Waals surface area (Å²) in [6.07, 6.45) is 1.89. The third-order valence-corrected chi connectivity index (χ3v) is 3.13. The average molecular weight is 214 g/mol. The number of hydrogen-bond donors (Lipinski definition) is 2. The lowest BCUT2D eigenvalue weighted by atomic mass is 9.97. The number of rotatable bonds is 6. The number of nitrogens with two attached hydrogens (primary N) is 1. The first-order valence-corrected chi connectivity index (χ1v) is 5.99. The molecule has 0 aromatic rings. The molecule has 0 aliphatic rings. The maximum Gasteiger partial charge on any atom is 0.237 e. The van der Waals surface area contributed by atoms with Crippen LogP contribution in [0.4, 0.5) is 0 Å². The molecule has 3 atom stereocenters. The summed E-state index contributed by atoms with van der Waals surface area (Å²) in [5.74, 6) is 0.697. The van der Waals surface area contributed by atoms with Crippen LogP contribution in [-0.4, -0.2) is 18.0 Å². The number of nitrogens with one attached hydrogen (secondary N) is 1. The minimum atomic E-state index is -0.372. The molecule has 0 aromatic carbocycles. The topological polar surface area (TPSA) is 55.1 Å². The molecule has 3 N–H and O–H groups in total. The molecule has 90 valence electrons. The van der Waals surface area contributed by atoms with E-state index < -0.39 is 0 Å². The summed E-state index contributed by atoms with van der Waals surface area (Å²) in [5.41, 5.74) is 5.86. The second-order valence-corrected chi connectivity index (χ2v) is 4.68. The second-order valence-electron chi connectivity index (χ2n) is 4.68. The van der Waals surface area contributed by atoms with Gasteiger partial charge in [0.15, 0.2) is 0 Å². The van der Waals surface area contributed by atoms with Gasteiger partial charge in [-0.3, -0.25) is 4.79 Å². The van der Waals surface area contributed by atoms with Crippen molar-refractivity contribution >= 4 is 5.91 Å². The van der Waals surface area contributed by atoms with Gasteiger partial charge in [-0.25, -0.2) is 0 Å². The van der Waals surface area contributed by atoms with E-state index in [-0.39, 0.29) is 23.9 Å². The molecule has 0 saturated carbocycles. The molecule has 1 unspecified atom stereocenters. The Kier molecular flexibility index (Phi) is 6.57. The third-order valence-electron chi connectivity index (χ3n) is 3.13. The van der Waals surface area contributed by atoms with Crippen LogP contribution in [0.25, 0.3) is 0 Å². The summed E-state index contributed by atoms with van der Waals surface area (Å²) in [7, 11) is 0. The smallest absolute Gasteiger partial charge is 0.237 e. The largest absolute Gasteiger partial charge is 0.352 e. The van der Waals surface area contributed by atoms with Crippen molar-refractivity contribution in [2.75, 3.05) is 0 Å². The molecule has 15 heavy (non-hydrogen) atoms. The predicted molar refractivity (Wildman–Crippen MR) is 64.5 cm³/mol. The summed E-state index contributed by atoms with van der Waals surface area (Å²) >= 11 is 0. The Bertz CT molecular complexity index is 192. The Labute approximate surface area is 93.8 Å². The van der Waals surface area contributed by atoms with Crippen molar-refractivity contribution in [2.24, 2.45) is 17.6 Å². The van der Waals surface area contributed by atoms with Crippen LogP contribution in [0.5, 0.6) is 0 Å². The average Bonchev–Trinajstić information content (AvgIpc) is 2.22. The van der Waals surface area contributed by atoms with Gasteiger partial charge >= 0.3 is 0 Å². The van der Waals surface area contributed by atoms with E-state index in [2.05, 4.69) is 33.0 Å². The number of carbonyl (C=O) groups excluding carboxylic acids is 1. The number of hydrogen-bond acceptors (Lipinski definition) is 2. The van der Waals surface area contributed by atoms with Gasteiger partial charge in [-0.2, -0.15) is 0 Å².